The quantitative estimate of drug-likeness (QED) is 0.276. The average Bonchev–Trinajstić information content (AvgIpc) is 3.62. The molecule has 5 saturated carbocycles. The molecular weight excluding hydrogens is 606 g/mol. The Hall–Kier alpha value is -0.970. The number of aliphatic hydroxyl groups is 1. The van der Waals surface area contributed by atoms with Gasteiger partial charge in [0.2, 0.25) is 0 Å². The highest BCUT2D eigenvalue weighted by Gasteiger charge is 2.83. The number of hydrogen-bond donors (Lipinski definition) is 3. The highest BCUT2D eigenvalue weighted by Crippen LogP contribution is 2.89. The van der Waals surface area contributed by atoms with Crippen LogP contribution in [-0.4, -0.2) is 92.7 Å². The molecule has 4 unspecified atom stereocenters. The first kappa shape index (κ1) is 35.4. The summed E-state index contributed by atoms with van der Waals surface area (Å²) in [6.07, 6.45) is 8.64. The second-order valence-electron chi connectivity index (χ2n) is 19.0. The van der Waals surface area contributed by atoms with Crippen LogP contribution in [0, 0.1) is 56.7 Å². The molecule has 1 amide bonds. The second kappa shape index (κ2) is 12.3. The minimum Gasteiger partial charge on any atom is -0.443 e. The molecule has 0 aromatic carbocycles. The van der Waals surface area contributed by atoms with Gasteiger partial charge in [-0.1, -0.05) is 48.5 Å². The Morgan fingerprint density at radius 3 is 2.40 bits per heavy atom. The van der Waals surface area contributed by atoms with E-state index in [2.05, 4.69) is 58.7 Å². The highest BCUT2D eigenvalue weighted by molar-refractivity contribution is 5.64. The van der Waals surface area contributed by atoms with Gasteiger partial charge in [-0.15, -0.1) is 0 Å². The maximum Gasteiger partial charge on any atom is 0.404 e. The lowest BCUT2D eigenvalue weighted by Gasteiger charge is -2.64. The van der Waals surface area contributed by atoms with Crippen molar-refractivity contribution in [2.75, 3.05) is 39.9 Å². The van der Waals surface area contributed by atoms with E-state index in [1.165, 1.54) is 38.5 Å². The van der Waals surface area contributed by atoms with Crippen LogP contribution >= 0.6 is 0 Å². The molecule has 2 heterocycles. The van der Waals surface area contributed by atoms with E-state index in [4.69, 9.17) is 24.7 Å². The summed E-state index contributed by atoms with van der Waals surface area (Å²) in [5.74, 6) is 1.99. The van der Waals surface area contributed by atoms with E-state index in [1.807, 2.05) is 0 Å². The number of hydrogen-bond acceptors (Lipinski definition) is 8. The molecule has 9 heteroatoms. The van der Waals surface area contributed by atoms with Crippen molar-refractivity contribution in [3.8, 4) is 0 Å². The number of carbonyl (C=O) groups is 1. The number of nitrogens with two attached hydrogens (primary N) is 1. The number of methoxy groups -OCH3 is 1. The van der Waals surface area contributed by atoms with Gasteiger partial charge in [-0.2, -0.15) is 0 Å². The normalized spacial score (nSPS) is 47.1. The fraction of sp³-hybridized carbons (Fsp3) is 0.974. The Morgan fingerprint density at radius 2 is 1.75 bits per heavy atom. The van der Waals surface area contributed by atoms with Crippen molar-refractivity contribution in [1.29, 1.82) is 0 Å². The number of morpholine rings is 1. The van der Waals surface area contributed by atoms with E-state index in [0.717, 1.165) is 52.0 Å². The third-order valence-corrected chi connectivity index (χ3v) is 16.7. The predicted octanol–water partition coefficient (Wildman–Crippen LogP) is 5.57. The van der Waals surface area contributed by atoms with Gasteiger partial charge in [0, 0.05) is 44.7 Å². The van der Waals surface area contributed by atoms with Gasteiger partial charge < -0.3 is 35.1 Å². The number of nitrogens with one attached hydrogen (secondary N) is 1. The van der Waals surface area contributed by atoms with E-state index in [1.54, 1.807) is 7.11 Å². The molecular formula is C39H67N3O6. The first-order valence-corrected chi connectivity index (χ1v) is 19.5. The Labute approximate surface area is 290 Å². The summed E-state index contributed by atoms with van der Waals surface area (Å²) in [4.78, 5) is 14.3. The summed E-state index contributed by atoms with van der Waals surface area (Å²) in [6, 6.07) is 0.630. The first-order valence-electron chi connectivity index (χ1n) is 19.5. The van der Waals surface area contributed by atoms with Gasteiger partial charge >= 0.3 is 6.09 Å². The summed E-state index contributed by atoms with van der Waals surface area (Å²) in [7, 11) is 1.72. The zero-order chi connectivity index (χ0) is 34.4. The predicted molar refractivity (Wildman–Crippen MR) is 185 cm³/mol. The summed E-state index contributed by atoms with van der Waals surface area (Å²) in [6.45, 7) is 21.3. The van der Waals surface area contributed by atoms with Crippen molar-refractivity contribution >= 4 is 6.09 Å². The number of aliphatic hydroxyl groups excluding tert-OH is 1. The van der Waals surface area contributed by atoms with Crippen LogP contribution in [0.1, 0.15) is 106 Å². The van der Waals surface area contributed by atoms with Crippen LogP contribution in [0.25, 0.3) is 0 Å². The molecule has 7 rings (SSSR count). The molecule has 0 bridgehead atoms. The van der Waals surface area contributed by atoms with E-state index in [0.29, 0.717) is 40.5 Å². The standard InChI is InChI=1S/C39H67N3O6/c1-23(2)33(48-34(40)44)27(45-8)17-24(3)26-18-30(43)37(7)29-10-9-28-35(4,5)31(47-32-21-42(15-16-46-32)25-19-41-20-25)11-12-38(28)22-39(29,38)14-13-36(26,37)6/h23-33,41,43H,9-22H2,1-8H3,(H2,40,44)/t24-,26-,27?,28+,29?,30+,31+,32?,33-,36-,37-,38-,39?/m1/s1. The van der Waals surface area contributed by atoms with Gasteiger partial charge in [-0.05, 0) is 109 Å². The number of rotatable bonds is 10. The Kier molecular flexibility index (Phi) is 9.10. The molecule has 0 aromatic rings. The fourth-order valence-electron chi connectivity index (χ4n) is 13.9. The summed E-state index contributed by atoms with van der Waals surface area (Å²) < 4.78 is 24.7. The molecule has 2 aliphatic heterocycles. The summed E-state index contributed by atoms with van der Waals surface area (Å²) in [5.41, 5.74) is 6.21. The molecule has 2 saturated heterocycles. The maximum atomic E-state index is 12.2. The number of fused-ring (bicyclic) bond motifs is 2. The molecule has 0 radical (unpaired) electrons. The molecule has 7 fully saturated rings. The fourth-order valence-corrected chi connectivity index (χ4v) is 13.9. The number of ether oxygens (including phenoxy) is 4. The van der Waals surface area contributed by atoms with Gasteiger partial charge in [0.15, 0.2) is 6.29 Å². The van der Waals surface area contributed by atoms with Crippen molar-refractivity contribution in [2.24, 2.45) is 62.4 Å². The van der Waals surface area contributed by atoms with Crippen molar-refractivity contribution in [3.63, 3.8) is 0 Å². The lowest BCUT2D eigenvalue weighted by atomic mass is 9.41. The smallest absolute Gasteiger partial charge is 0.404 e. The molecule has 4 N–H and O–H groups in total. The molecule has 7 aliphatic rings. The van der Waals surface area contributed by atoms with Crippen LogP contribution in [0.5, 0.6) is 0 Å². The molecule has 0 aromatic heterocycles. The lowest BCUT2D eigenvalue weighted by Crippen LogP contribution is -2.62. The number of carbonyl (C=O) groups excluding carboxylic acids is 1. The highest BCUT2D eigenvalue weighted by atomic mass is 16.7. The van der Waals surface area contributed by atoms with E-state index >= 15 is 0 Å². The molecule has 2 spiro atoms. The maximum absolute atomic E-state index is 12.2. The molecule has 274 valence electrons. The minimum atomic E-state index is -0.745. The van der Waals surface area contributed by atoms with Crippen molar-refractivity contribution in [3.05, 3.63) is 0 Å². The zero-order valence-corrected chi connectivity index (χ0v) is 31.3. The second-order valence-corrected chi connectivity index (χ2v) is 19.0. The van der Waals surface area contributed by atoms with Crippen LogP contribution in [0.4, 0.5) is 4.79 Å². The van der Waals surface area contributed by atoms with Gasteiger partial charge in [-0.3, -0.25) is 4.90 Å². The average molecular weight is 674 g/mol. The van der Waals surface area contributed by atoms with E-state index in [9.17, 15) is 9.90 Å². The van der Waals surface area contributed by atoms with Crippen LogP contribution in [0.2, 0.25) is 0 Å². The lowest BCUT2D eigenvalue weighted by molar-refractivity contribution is -0.251. The summed E-state index contributed by atoms with van der Waals surface area (Å²) >= 11 is 0. The monoisotopic (exact) mass is 674 g/mol. The first-order chi connectivity index (χ1) is 22.6. The van der Waals surface area contributed by atoms with Gasteiger partial charge in [0.1, 0.15) is 6.10 Å². The molecule has 48 heavy (non-hydrogen) atoms. The molecule has 9 nitrogen and oxygen atoms in total. The largest absolute Gasteiger partial charge is 0.443 e. The van der Waals surface area contributed by atoms with Gasteiger partial charge in [0.05, 0.1) is 24.9 Å². The zero-order valence-electron chi connectivity index (χ0n) is 31.3. The van der Waals surface area contributed by atoms with Gasteiger partial charge in [0.25, 0.3) is 0 Å². The van der Waals surface area contributed by atoms with Crippen LogP contribution in [0.15, 0.2) is 0 Å². The van der Waals surface area contributed by atoms with Crippen molar-refractivity contribution in [2.45, 2.75) is 143 Å². The van der Waals surface area contributed by atoms with E-state index < -0.39 is 6.09 Å². The number of nitrogens with zero attached hydrogens (tertiary/aromatic N) is 1. The summed E-state index contributed by atoms with van der Waals surface area (Å²) in [5, 5.41) is 15.6. The third kappa shape index (κ3) is 5.08. The topological polar surface area (TPSA) is 116 Å². The van der Waals surface area contributed by atoms with Crippen molar-refractivity contribution in [1.82, 2.24) is 10.2 Å². The van der Waals surface area contributed by atoms with Crippen molar-refractivity contribution < 1.29 is 28.8 Å². The Bertz CT molecular complexity index is 1210. The van der Waals surface area contributed by atoms with Crippen LogP contribution < -0.4 is 11.1 Å². The van der Waals surface area contributed by atoms with Crippen LogP contribution in [-0.2, 0) is 18.9 Å². The molecule has 5 aliphatic carbocycles. The number of amides is 1. The van der Waals surface area contributed by atoms with E-state index in [-0.39, 0.29) is 52.9 Å². The van der Waals surface area contributed by atoms with Crippen LogP contribution in [0.3, 0.4) is 0 Å². The van der Waals surface area contributed by atoms with Gasteiger partial charge in [-0.25, -0.2) is 4.79 Å². The number of primary amides is 1. The minimum absolute atomic E-state index is 0.0461. The SMILES string of the molecule is COC(C[C@@H](C)[C@H]1C[C@H](O)[C@@]2(C)C3CC[C@H]4C(C)(C)[C@@H](OC5CN(C6CNC6)CCO5)CC[C@@]45CC35CC[C@]12C)[C@H](OC(N)=O)C(C)C. The Balaban J connectivity index is 1.07. The Morgan fingerprint density at radius 1 is 1.04 bits per heavy atom. The third-order valence-electron chi connectivity index (χ3n) is 16.7. The molecule has 13 atom stereocenters.